The summed E-state index contributed by atoms with van der Waals surface area (Å²) in [5, 5.41) is 0.604. The second kappa shape index (κ2) is 6.03. The van der Waals surface area contributed by atoms with Gasteiger partial charge in [0.05, 0.1) is 0 Å². The Hall–Kier alpha value is -0.600. The van der Waals surface area contributed by atoms with Gasteiger partial charge in [0, 0.05) is 5.02 Å². The molecule has 0 bridgehead atoms. The third-order valence-corrected chi connectivity index (χ3v) is 4.41. The highest BCUT2D eigenvalue weighted by Gasteiger charge is 2.30. The minimum atomic E-state index is -0.156. The predicted molar refractivity (Wildman–Crippen MR) is 74.3 cm³/mol. The van der Waals surface area contributed by atoms with Gasteiger partial charge in [0.15, 0.2) is 0 Å². The van der Waals surface area contributed by atoms with E-state index in [9.17, 15) is 4.39 Å². The lowest BCUT2D eigenvalue weighted by atomic mass is 9.75. The van der Waals surface area contributed by atoms with Gasteiger partial charge in [-0.3, -0.25) is 0 Å². The van der Waals surface area contributed by atoms with Gasteiger partial charge in [0.2, 0.25) is 0 Å². The molecule has 0 aromatic heterocycles. The third kappa shape index (κ3) is 3.24. The van der Waals surface area contributed by atoms with Gasteiger partial charge >= 0.3 is 0 Å². The summed E-state index contributed by atoms with van der Waals surface area (Å²) in [7, 11) is 0. The minimum absolute atomic E-state index is 0.0715. The van der Waals surface area contributed by atoms with Crippen molar-refractivity contribution in [1.29, 1.82) is 0 Å². The highest BCUT2D eigenvalue weighted by molar-refractivity contribution is 6.30. The number of hydrogen-bond donors (Lipinski definition) is 1. The summed E-state index contributed by atoms with van der Waals surface area (Å²) < 4.78 is 13.8. The lowest BCUT2D eigenvalue weighted by molar-refractivity contribution is 0.249. The fraction of sp³-hybridized carbons (Fsp3) is 0.600. The quantitative estimate of drug-likeness (QED) is 0.813. The molecule has 0 aliphatic heterocycles. The number of nitrogens with two attached hydrogens (primary N) is 1. The average Bonchev–Trinajstić information content (AvgIpc) is 2.60. The van der Waals surface area contributed by atoms with Gasteiger partial charge in [-0.25, -0.2) is 4.39 Å². The van der Waals surface area contributed by atoms with Crippen molar-refractivity contribution in [3.63, 3.8) is 0 Å². The Labute approximate surface area is 114 Å². The van der Waals surface area contributed by atoms with Crippen molar-refractivity contribution in [1.82, 2.24) is 0 Å². The molecule has 0 spiro atoms. The molecule has 1 saturated carbocycles. The van der Waals surface area contributed by atoms with Crippen LogP contribution in [0.2, 0.25) is 5.02 Å². The van der Waals surface area contributed by atoms with Gasteiger partial charge in [0.25, 0.3) is 0 Å². The first-order valence-electron chi connectivity index (χ1n) is 6.79. The lowest BCUT2D eigenvalue weighted by Crippen LogP contribution is -2.32. The van der Waals surface area contributed by atoms with Crippen LogP contribution in [0.5, 0.6) is 0 Å². The molecule has 0 heterocycles. The van der Waals surface area contributed by atoms with Crippen LogP contribution < -0.4 is 5.73 Å². The molecular formula is C15H21ClFN. The molecule has 1 aromatic carbocycles. The Balaban J connectivity index is 2.20. The van der Waals surface area contributed by atoms with Crippen molar-refractivity contribution in [3.8, 4) is 0 Å². The van der Waals surface area contributed by atoms with Gasteiger partial charge in [0.1, 0.15) is 5.82 Å². The smallest absolute Gasteiger partial charge is 0.126 e. The van der Waals surface area contributed by atoms with Crippen molar-refractivity contribution in [2.45, 2.75) is 44.9 Å². The Morgan fingerprint density at radius 2 is 1.83 bits per heavy atom. The van der Waals surface area contributed by atoms with Gasteiger partial charge in [-0.05, 0) is 55.0 Å². The van der Waals surface area contributed by atoms with Crippen molar-refractivity contribution >= 4 is 11.6 Å². The summed E-state index contributed by atoms with van der Waals surface area (Å²) in [5.74, 6) is -0.156. The van der Waals surface area contributed by atoms with E-state index in [0.29, 0.717) is 11.6 Å². The molecule has 0 atom stereocenters. The van der Waals surface area contributed by atoms with E-state index in [4.69, 9.17) is 17.3 Å². The molecule has 2 N–H and O–H groups in total. The molecule has 2 rings (SSSR count). The van der Waals surface area contributed by atoms with Crippen LogP contribution in [0, 0.1) is 11.2 Å². The molecule has 0 saturated heterocycles. The van der Waals surface area contributed by atoms with Crippen LogP contribution in [0.15, 0.2) is 18.2 Å². The monoisotopic (exact) mass is 269 g/mol. The van der Waals surface area contributed by atoms with E-state index in [-0.39, 0.29) is 11.2 Å². The molecule has 0 unspecified atom stereocenters. The summed E-state index contributed by atoms with van der Waals surface area (Å²) >= 11 is 5.96. The number of hydrogen-bond acceptors (Lipinski definition) is 1. The Kier molecular flexibility index (Phi) is 4.63. The number of rotatable bonds is 3. The van der Waals surface area contributed by atoms with Crippen molar-refractivity contribution in [2.24, 2.45) is 11.1 Å². The number of benzene rings is 1. The maximum absolute atomic E-state index is 13.8. The highest BCUT2D eigenvalue weighted by Crippen LogP contribution is 2.38. The SMILES string of the molecule is NCC1(Cc2cc(Cl)ccc2F)CCCCCC1. The van der Waals surface area contributed by atoms with Crippen LogP contribution in [0.3, 0.4) is 0 Å². The predicted octanol–water partition coefficient (Wildman–Crippen LogP) is 4.32. The van der Waals surface area contributed by atoms with E-state index in [1.54, 1.807) is 12.1 Å². The van der Waals surface area contributed by atoms with Crippen LogP contribution in [-0.2, 0) is 6.42 Å². The van der Waals surface area contributed by atoms with E-state index in [1.165, 1.54) is 31.7 Å². The van der Waals surface area contributed by atoms with Crippen LogP contribution in [0.25, 0.3) is 0 Å². The second-order valence-corrected chi connectivity index (χ2v) is 5.97. The summed E-state index contributed by atoms with van der Waals surface area (Å²) in [6, 6.07) is 4.81. The minimum Gasteiger partial charge on any atom is -0.330 e. The van der Waals surface area contributed by atoms with E-state index in [0.717, 1.165) is 24.8 Å². The van der Waals surface area contributed by atoms with Crippen molar-refractivity contribution in [3.05, 3.63) is 34.6 Å². The molecule has 0 amide bonds. The van der Waals surface area contributed by atoms with Crippen molar-refractivity contribution < 1.29 is 4.39 Å². The largest absolute Gasteiger partial charge is 0.330 e. The Bertz CT molecular complexity index is 397. The molecule has 1 nitrogen and oxygen atoms in total. The first-order chi connectivity index (χ1) is 8.65. The zero-order valence-corrected chi connectivity index (χ0v) is 11.5. The molecule has 1 aromatic rings. The van der Waals surface area contributed by atoms with E-state index >= 15 is 0 Å². The van der Waals surface area contributed by atoms with Crippen LogP contribution in [-0.4, -0.2) is 6.54 Å². The molecule has 100 valence electrons. The molecular weight excluding hydrogens is 249 g/mol. The van der Waals surface area contributed by atoms with Crippen LogP contribution in [0.1, 0.15) is 44.1 Å². The molecule has 1 aliphatic rings. The summed E-state index contributed by atoms with van der Waals surface area (Å²) in [6.45, 7) is 0.638. The Morgan fingerprint density at radius 1 is 1.17 bits per heavy atom. The van der Waals surface area contributed by atoms with E-state index < -0.39 is 0 Å². The summed E-state index contributed by atoms with van der Waals surface area (Å²) in [5.41, 5.74) is 6.78. The molecule has 1 aliphatic carbocycles. The molecule has 0 radical (unpaired) electrons. The Morgan fingerprint density at radius 3 is 2.44 bits per heavy atom. The van der Waals surface area contributed by atoms with Gasteiger partial charge < -0.3 is 5.73 Å². The lowest BCUT2D eigenvalue weighted by Gasteiger charge is -2.31. The van der Waals surface area contributed by atoms with Gasteiger partial charge in [-0.15, -0.1) is 0 Å². The molecule has 1 fully saturated rings. The first-order valence-corrected chi connectivity index (χ1v) is 7.17. The van der Waals surface area contributed by atoms with E-state index in [2.05, 4.69) is 0 Å². The topological polar surface area (TPSA) is 26.0 Å². The normalized spacial score (nSPS) is 19.5. The maximum atomic E-state index is 13.8. The zero-order chi connectivity index (χ0) is 13.0. The highest BCUT2D eigenvalue weighted by atomic mass is 35.5. The zero-order valence-electron chi connectivity index (χ0n) is 10.7. The van der Waals surface area contributed by atoms with Gasteiger partial charge in [-0.1, -0.05) is 37.3 Å². The average molecular weight is 270 g/mol. The van der Waals surface area contributed by atoms with Crippen LogP contribution >= 0.6 is 11.6 Å². The second-order valence-electron chi connectivity index (χ2n) is 5.53. The first kappa shape index (κ1) is 13.8. The summed E-state index contributed by atoms with van der Waals surface area (Å²) in [4.78, 5) is 0. The third-order valence-electron chi connectivity index (χ3n) is 4.17. The molecule has 18 heavy (non-hydrogen) atoms. The molecule has 3 heteroatoms. The maximum Gasteiger partial charge on any atom is 0.126 e. The number of halogens is 2. The fourth-order valence-electron chi connectivity index (χ4n) is 3.01. The van der Waals surface area contributed by atoms with Crippen molar-refractivity contribution in [2.75, 3.05) is 6.54 Å². The summed E-state index contributed by atoms with van der Waals surface area (Å²) in [6.07, 6.45) is 7.90. The standard InChI is InChI=1S/C15H21ClFN/c16-13-5-6-14(17)12(9-13)10-15(11-18)7-3-1-2-4-8-15/h5-6,9H,1-4,7-8,10-11,18H2. The van der Waals surface area contributed by atoms with Gasteiger partial charge in [-0.2, -0.15) is 0 Å². The fourth-order valence-corrected chi connectivity index (χ4v) is 3.21. The van der Waals surface area contributed by atoms with Crippen LogP contribution in [0.4, 0.5) is 4.39 Å². The van der Waals surface area contributed by atoms with E-state index in [1.807, 2.05) is 0 Å².